The summed E-state index contributed by atoms with van der Waals surface area (Å²) in [6, 6.07) is 10.4. The second kappa shape index (κ2) is 10.4. The summed E-state index contributed by atoms with van der Waals surface area (Å²) in [4.78, 5) is 44.5. The maximum atomic E-state index is 13.1. The minimum atomic E-state index is -0.477. The number of ether oxygens (including phenoxy) is 1. The first-order chi connectivity index (χ1) is 16.5. The Morgan fingerprint density at radius 2 is 2.03 bits per heavy atom. The fourth-order valence-corrected chi connectivity index (χ4v) is 4.61. The number of nitrogens with one attached hydrogen (secondary N) is 1. The molecule has 3 aromatic rings. The zero-order chi connectivity index (χ0) is 24.1. The van der Waals surface area contributed by atoms with Crippen LogP contribution in [0.4, 0.5) is 0 Å². The van der Waals surface area contributed by atoms with Crippen molar-refractivity contribution < 1.29 is 19.1 Å². The van der Waals surface area contributed by atoms with Crippen LogP contribution < -0.4 is 5.32 Å². The average Bonchev–Trinajstić information content (AvgIpc) is 3.39. The van der Waals surface area contributed by atoms with E-state index in [0.717, 1.165) is 27.3 Å². The van der Waals surface area contributed by atoms with Gasteiger partial charge in [0.2, 0.25) is 5.91 Å². The van der Waals surface area contributed by atoms with E-state index in [4.69, 9.17) is 4.74 Å². The van der Waals surface area contributed by atoms with E-state index < -0.39 is 5.97 Å². The Balaban J connectivity index is 1.46. The first-order valence-corrected chi connectivity index (χ1v) is 11.8. The van der Waals surface area contributed by atoms with Gasteiger partial charge in [0.1, 0.15) is 0 Å². The summed E-state index contributed by atoms with van der Waals surface area (Å²) in [6.45, 7) is 3.27. The molecule has 7 nitrogen and oxygen atoms in total. The zero-order valence-electron chi connectivity index (χ0n) is 19.0. The number of rotatable bonds is 6. The normalized spacial score (nSPS) is 12.9. The summed E-state index contributed by atoms with van der Waals surface area (Å²) < 4.78 is 4.76. The molecule has 0 radical (unpaired) electrons. The van der Waals surface area contributed by atoms with Crippen molar-refractivity contribution >= 4 is 35.2 Å². The van der Waals surface area contributed by atoms with E-state index in [-0.39, 0.29) is 11.8 Å². The van der Waals surface area contributed by atoms with Crippen LogP contribution in [0, 0.1) is 6.92 Å². The molecule has 0 bridgehead atoms. The van der Waals surface area contributed by atoms with Crippen LogP contribution >= 0.6 is 11.3 Å². The molecular weight excluding hydrogens is 450 g/mol. The quantitative estimate of drug-likeness (QED) is 0.433. The number of nitrogens with zero attached hydrogens (tertiary/aromatic N) is 2. The van der Waals surface area contributed by atoms with Gasteiger partial charge >= 0.3 is 5.97 Å². The zero-order valence-corrected chi connectivity index (χ0v) is 19.9. The van der Waals surface area contributed by atoms with E-state index >= 15 is 0 Å². The minimum Gasteiger partial charge on any atom is -0.465 e. The Hall–Kier alpha value is -3.78. The third-order valence-corrected chi connectivity index (χ3v) is 6.63. The lowest BCUT2D eigenvalue weighted by molar-refractivity contribution is -0.116. The average molecular weight is 476 g/mol. The third-order valence-electron chi connectivity index (χ3n) is 5.79. The standard InChI is InChI=1S/C26H25N3O4S/c1-17-23(15-28-24(30)9-8-21-7-4-12-34-21)22-10-11-29(16-20(22)14-27-17)25(31)18-5-3-6-19(13-18)26(32)33-2/h3-9,12-14H,10-11,15-16H2,1-2H3,(H,28,30). The second-order valence-corrected chi connectivity index (χ2v) is 8.92. The van der Waals surface area contributed by atoms with Crippen LogP contribution in [0.1, 0.15) is 48.0 Å². The molecule has 0 aliphatic carbocycles. The Morgan fingerprint density at radius 1 is 1.21 bits per heavy atom. The Morgan fingerprint density at radius 3 is 2.79 bits per heavy atom. The molecule has 8 heteroatoms. The molecule has 1 aromatic carbocycles. The Labute approximate surface area is 202 Å². The highest BCUT2D eigenvalue weighted by Crippen LogP contribution is 2.25. The lowest BCUT2D eigenvalue weighted by Crippen LogP contribution is -2.37. The molecule has 1 aliphatic heterocycles. The number of thiophene rings is 1. The van der Waals surface area contributed by atoms with Crippen LogP contribution in [0.3, 0.4) is 0 Å². The molecule has 1 N–H and O–H groups in total. The molecule has 0 spiro atoms. The van der Waals surface area contributed by atoms with Crippen molar-refractivity contribution in [2.24, 2.45) is 0 Å². The number of carbonyl (C=O) groups is 3. The molecule has 0 saturated heterocycles. The second-order valence-electron chi connectivity index (χ2n) is 7.94. The van der Waals surface area contributed by atoms with Gasteiger partial charge in [-0.3, -0.25) is 14.6 Å². The monoisotopic (exact) mass is 475 g/mol. The van der Waals surface area contributed by atoms with Gasteiger partial charge in [-0.2, -0.15) is 0 Å². The molecular formula is C26H25N3O4S. The highest BCUT2D eigenvalue weighted by atomic mass is 32.1. The van der Waals surface area contributed by atoms with Crippen LogP contribution in [-0.2, 0) is 29.0 Å². The molecule has 3 heterocycles. The predicted octanol–water partition coefficient (Wildman–Crippen LogP) is 3.77. The van der Waals surface area contributed by atoms with Gasteiger partial charge < -0.3 is 15.0 Å². The van der Waals surface area contributed by atoms with Crippen molar-refractivity contribution in [1.29, 1.82) is 0 Å². The van der Waals surface area contributed by atoms with Gasteiger partial charge in [-0.15, -0.1) is 11.3 Å². The van der Waals surface area contributed by atoms with E-state index in [1.807, 2.05) is 24.4 Å². The number of benzene rings is 1. The number of aryl methyl sites for hydroxylation is 1. The number of fused-ring (bicyclic) bond motifs is 1. The number of pyridine rings is 1. The van der Waals surface area contributed by atoms with Crippen molar-refractivity contribution in [3.8, 4) is 0 Å². The van der Waals surface area contributed by atoms with Gasteiger partial charge in [-0.05, 0) is 65.8 Å². The summed E-state index contributed by atoms with van der Waals surface area (Å²) in [5.41, 5.74) is 4.74. The predicted molar refractivity (Wildman–Crippen MR) is 130 cm³/mol. The molecule has 34 heavy (non-hydrogen) atoms. The first-order valence-electron chi connectivity index (χ1n) is 10.9. The molecule has 0 atom stereocenters. The summed E-state index contributed by atoms with van der Waals surface area (Å²) in [5.74, 6) is -0.788. The Kier molecular flexibility index (Phi) is 7.18. The number of hydrogen-bond donors (Lipinski definition) is 1. The molecule has 0 saturated carbocycles. The van der Waals surface area contributed by atoms with Crippen molar-refractivity contribution in [1.82, 2.24) is 15.2 Å². The summed E-state index contributed by atoms with van der Waals surface area (Å²) >= 11 is 1.57. The highest BCUT2D eigenvalue weighted by Gasteiger charge is 2.25. The fourth-order valence-electron chi connectivity index (χ4n) is 3.99. The fraction of sp³-hybridized carbons (Fsp3) is 0.231. The molecule has 174 valence electrons. The maximum absolute atomic E-state index is 13.1. The lowest BCUT2D eigenvalue weighted by Gasteiger charge is -2.30. The van der Waals surface area contributed by atoms with Crippen molar-refractivity contribution in [3.63, 3.8) is 0 Å². The van der Waals surface area contributed by atoms with Gasteiger partial charge in [0.05, 0.1) is 12.7 Å². The van der Waals surface area contributed by atoms with Crippen LogP contribution in [0.5, 0.6) is 0 Å². The highest BCUT2D eigenvalue weighted by molar-refractivity contribution is 7.10. The number of aromatic nitrogens is 1. The van der Waals surface area contributed by atoms with Gasteiger partial charge in [-0.1, -0.05) is 12.1 Å². The molecule has 2 aromatic heterocycles. The van der Waals surface area contributed by atoms with E-state index in [9.17, 15) is 14.4 Å². The first kappa shape index (κ1) is 23.4. The van der Waals surface area contributed by atoms with Crippen LogP contribution in [-0.4, -0.2) is 41.3 Å². The minimum absolute atomic E-state index is 0.148. The van der Waals surface area contributed by atoms with Crippen LogP contribution in [0.2, 0.25) is 0 Å². The van der Waals surface area contributed by atoms with Crippen molar-refractivity contribution in [3.05, 3.63) is 92.4 Å². The topological polar surface area (TPSA) is 88.6 Å². The van der Waals surface area contributed by atoms with Crippen LogP contribution in [0.25, 0.3) is 6.08 Å². The molecule has 0 unspecified atom stereocenters. The number of hydrogen-bond acceptors (Lipinski definition) is 6. The van der Waals surface area contributed by atoms with E-state index in [1.165, 1.54) is 13.2 Å². The van der Waals surface area contributed by atoms with Crippen LogP contribution in [0.15, 0.2) is 54.1 Å². The number of amides is 2. The molecule has 2 amide bonds. The Bertz CT molecular complexity index is 1250. The van der Waals surface area contributed by atoms with Gasteiger partial charge in [0.25, 0.3) is 5.91 Å². The van der Waals surface area contributed by atoms with Crippen molar-refractivity contribution in [2.45, 2.75) is 26.4 Å². The van der Waals surface area contributed by atoms with E-state index in [1.54, 1.807) is 52.8 Å². The summed E-state index contributed by atoms with van der Waals surface area (Å²) in [7, 11) is 1.31. The number of methoxy groups -OCH3 is 1. The largest absolute Gasteiger partial charge is 0.465 e. The third kappa shape index (κ3) is 5.23. The van der Waals surface area contributed by atoms with E-state index in [2.05, 4.69) is 10.3 Å². The van der Waals surface area contributed by atoms with E-state index in [0.29, 0.717) is 37.2 Å². The van der Waals surface area contributed by atoms with Crippen molar-refractivity contribution in [2.75, 3.05) is 13.7 Å². The van der Waals surface area contributed by atoms with Gasteiger partial charge in [-0.25, -0.2) is 4.79 Å². The maximum Gasteiger partial charge on any atom is 0.337 e. The summed E-state index contributed by atoms with van der Waals surface area (Å²) in [5, 5.41) is 4.91. The summed E-state index contributed by atoms with van der Waals surface area (Å²) in [6.07, 6.45) is 5.80. The van der Waals surface area contributed by atoms with Gasteiger partial charge in [0.15, 0.2) is 0 Å². The molecule has 1 aliphatic rings. The number of carbonyl (C=O) groups excluding carboxylic acids is 3. The number of esters is 1. The van der Waals surface area contributed by atoms with Gasteiger partial charge in [0, 0.05) is 48.0 Å². The SMILES string of the molecule is COC(=O)c1cccc(C(=O)N2CCc3c(cnc(C)c3CNC(=O)C=Cc3cccs3)C2)c1. The lowest BCUT2D eigenvalue weighted by atomic mass is 9.94. The smallest absolute Gasteiger partial charge is 0.337 e. The molecule has 4 rings (SSSR count). The molecule has 0 fully saturated rings.